The topological polar surface area (TPSA) is 64.4 Å². The molecule has 0 saturated heterocycles. The maximum Gasteiger partial charge on any atom is 0.257 e. The summed E-state index contributed by atoms with van der Waals surface area (Å²) in [7, 11) is 1.61. The summed E-state index contributed by atoms with van der Waals surface area (Å²) < 4.78 is 10.7. The van der Waals surface area contributed by atoms with E-state index in [-0.39, 0.29) is 5.91 Å². The third-order valence-corrected chi connectivity index (χ3v) is 4.36. The molecule has 0 aliphatic carbocycles. The van der Waals surface area contributed by atoms with Gasteiger partial charge >= 0.3 is 0 Å². The summed E-state index contributed by atoms with van der Waals surface area (Å²) in [4.78, 5) is 16.7. The number of fused-ring (bicyclic) bond motifs is 1. The second-order valence-electron chi connectivity index (χ2n) is 5.14. The highest BCUT2D eigenvalue weighted by atomic mass is 32.2. The Hall–Kier alpha value is -2.31. The van der Waals surface area contributed by atoms with Crippen LogP contribution in [-0.4, -0.2) is 31.2 Å². The number of hydrogen-bond donors (Lipinski definition) is 1. The molecule has 5 nitrogen and oxygen atoms in total. The van der Waals surface area contributed by atoms with Gasteiger partial charge in [-0.1, -0.05) is 42.1 Å². The van der Waals surface area contributed by atoms with Crippen LogP contribution in [0.1, 0.15) is 15.9 Å². The predicted molar refractivity (Wildman–Crippen MR) is 94.2 cm³/mol. The fraction of sp³-hybridized carbons (Fsp3) is 0.222. The second-order valence-corrected chi connectivity index (χ2v) is 6.07. The van der Waals surface area contributed by atoms with Gasteiger partial charge < -0.3 is 14.5 Å². The molecule has 0 fully saturated rings. The minimum absolute atomic E-state index is 0.0965. The molecule has 0 aliphatic rings. The first-order chi connectivity index (χ1) is 11.8. The van der Waals surface area contributed by atoms with Crippen LogP contribution in [0.5, 0.6) is 0 Å². The van der Waals surface area contributed by atoms with E-state index in [9.17, 15) is 4.79 Å². The molecular weight excluding hydrogens is 324 g/mol. The van der Waals surface area contributed by atoms with Crippen LogP contribution in [0.2, 0.25) is 0 Å². The normalized spacial score (nSPS) is 10.9. The van der Waals surface area contributed by atoms with Crippen molar-refractivity contribution in [3.8, 4) is 0 Å². The Morgan fingerprint density at radius 3 is 2.83 bits per heavy atom. The quantitative estimate of drug-likeness (QED) is 0.526. The zero-order valence-corrected chi connectivity index (χ0v) is 14.1. The first-order valence-electron chi connectivity index (χ1n) is 7.61. The van der Waals surface area contributed by atoms with Crippen LogP contribution in [0.25, 0.3) is 11.1 Å². The number of hydrogen-bond acceptors (Lipinski definition) is 5. The summed E-state index contributed by atoms with van der Waals surface area (Å²) in [6.45, 7) is 0.980. The molecule has 3 aromatic rings. The van der Waals surface area contributed by atoms with Crippen LogP contribution in [0.3, 0.4) is 0 Å². The van der Waals surface area contributed by atoms with E-state index in [1.807, 2.05) is 48.5 Å². The van der Waals surface area contributed by atoms with Crippen LogP contribution in [0.4, 0.5) is 0 Å². The molecule has 3 rings (SSSR count). The number of methoxy groups -OCH3 is 1. The van der Waals surface area contributed by atoms with Gasteiger partial charge in [-0.25, -0.2) is 4.98 Å². The Balaban J connectivity index is 1.69. The van der Waals surface area contributed by atoms with Crippen molar-refractivity contribution in [2.45, 2.75) is 11.0 Å². The smallest absolute Gasteiger partial charge is 0.257 e. The Morgan fingerprint density at radius 2 is 2.00 bits per heavy atom. The molecule has 24 heavy (non-hydrogen) atoms. The van der Waals surface area contributed by atoms with Gasteiger partial charge in [-0.05, 0) is 23.8 Å². The molecule has 1 heterocycles. The summed E-state index contributed by atoms with van der Waals surface area (Å²) in [6, 6.07) is 15.2. The van der Waals surface area contributed by atoms with Crippen LogP contribution >= 0.6 is 11.8 Å². The molecule has 1 amide bonds. The molecule has 1 aromatic heterocycles. The van der Waals surface area contributed by atoms with Gasteiger partial charge in [0.05, 0.1) is 6.61 Å². The van der Waals surface area contributed by atoms with Gasteiger partial charge in [0.2, 0.25) is 0 Å². The van der Waals surface area contributed by atoms with E-state index in [0.717, 1.165) is 16.7 Å². The van der Waals surface area contributed by atoms with Crippen molar-refractivity contribution in [1.82, 2.24) is 10.3 Å². The van der Waals surface area contributed by atoms with Gasteiger partial charge in [0, 0.05) is 25.0 Å². The Kier molecular flexibility index (Phi) is 5.51. The number of carbonyl (C=O) groups excluding carboxylic acids is 1. The van der Waals surface area contributed by atoms with Crippen molar-refractivity contribution in [2.24, 2.45) is 0 Å². The fourth-order valence-electron chi connectivity index (χ4n) is 2.28. The molecule has 6 heteroatoms. The standard InChI is InChI=1S/C18H18N2O3S/c1-22-11-10-19-17(21)14-7-3-2-6-13(14)12-24-18-20-15-8-4-5-9-16(15)23-18/h2-9H,10-12H2,1H3,(H,19,21). The molecule has 0 atom stereocenters. The molecule has 0 bridgehead atoms. The number of nitrogens with zero attached hydrogens (tertiary/aromatic N) is 1. The molecular formula is C18H18N2O3S. The number of aromatic nitrogens is 1. The summed E-state index contributed by atoms with van der Waals surface area (Å²) in [5.41, 5.74) is 3.22. The third kappa shape index (κ3) is 3.96. The fourth-order valence-corrected chi connectivity index (χ4v) is 3.12. The van der Waals surface area contributed by atoms with E-state index in [2.05, 4.69) is 10.3 Å². The van der Waals surface area contributed by atoms with Gasteiger partial charge in [0.15, 0.2) is 5.58 Å². The number of carbonyl (C=O) groups is 1. The molecule has 124 valence electrons. The lowest BCUT2D eigenvalue weighted by molar-refractivity contribution is 0.0936. The summed E-state index contributed by atoms with van der Waals surface area (Å²) in [5, 5.41) is 3.45. The maximum atomic E-state index is 12.3. The minimum Gasteiger partial charge on any atom is -0.431 e. The average molecular weight is 342 g/mol. The van der Waals surface area contributed by atoms with Gasteiger partial charge in [0.1, 0.15) is 5.52 Å². The lowest BCUT2D eigenvalue weighted by atomic mass is 10.1. The average Bonchev–Trinajstić information content (AvgIpc) is 3.03. The molecule has 0 unspecified atom stereocenters. The summed E-state index contributed by atoms with van der Waals surface area (Å²) in [6.07, 6.45) is 0. The third-order valence-electron chi connectivity index (χ3n) is 3.48. The zero-order chi connectivity index (χ0) is 16.8. The van der Waals surface area contributed by atoms with Crippen LogP contribution < -0.4 is 5.32 Å². The summed E-state index contributed by atoms with van der Waals surface area (Å²) >= 11 is 1.48. The van der Waals surface area contributed by atoms with Gasteiger partial charge in [-0.2, -0.15) is 0 Å². The Bertz CT molecular complexity index is 799. The van der Waals surface area contributed by atoms with Crippen molar-refractivity contribution in [3.63, 3.8) is 0 Å². The molecule has 0 aliphatic heterocycles. The van der Waals surface area contributed by atoms with Crippen molar-refractivity contribution in [3.05, 3.63) is 59.7 Å². The number of oxazole rings is 1. The minimum atomic E-state index is -0.0965. The van der Waals surface area contributed by atoms with E-state index in [1.54, 1.807) is 7.11 Å². The number of thioether (sulfide) groups is 1. The van der Waals surface area contributed by atoms with E-state index in [4.69, 9.17) is 9.15 Å². The molecule has 0 radical (unpaired) electrons. The van der Waals surface area contributed by atoms with Gasteiger partial charge in [0.25, 0.3) is 11.1 Å². The maximum absolute atomic E-state index is 12.3. The molecule has 1 N–H and O–H groups in total. The number of amides is 1. The molecule has 2 aromatic carbocycles. The monoisotopic (exact) mass is 342 g/mol. The highest BCUT2D eigenvalue weighted by molar-refractivity contribution is 7.98. The summed E-state index contributed by atoms with van der Waals surface area (Å²) in [5.74, 6) is 0.515. The van der Waals surface area contributed by atoms with Crippen molar-refractivity contribution >= 4 is 28.8 Å². The highest BCUT2D eigenvalue weighted by Gasteiger charge is 2.12. The van der Waals surface area contributed by atoms with Crippen molar-refractivity contribution < 1.29 is 13.9 Å². The number of rotatable bonds is 7. The first kappa shape index (κ1) is 16.5. The number of ether oxygens (including phenoxy) is 1. The van der Waals surface area contributed by atoms with Crippen molar-refractivity contribution in [2.75, 3.05) is 20.3 Å². The van der Waals surface area contributed by atoms with Gasteiger partial charge in [-0.15, -0.1) is 0 Å². The molecule has 0 spiro atoms. The Morgan fingerprint density at radius 1 is 1.21 bits per heavy atom. The van der Waals surface area contributed by atoms with Gasteiger partial charge in [-0.3, -0.25) is 4.79 Å². The lowest BCUT2D eigenvalue weighted by Gasteiger charge is -2.09. The highest BCUT2D eigenvalue weighted by Crippen LogP contribution is 2.27. The van der Waals surface area contributed by atoms with E-state index in [1.165, 1.54) is 11.8 Å². The number of para-hydroxylation sites is 2. The lowest BCUT2D eigenvalue weighted by Crippen LogP contribution is -2.27. The van der Waals surface area contributed by atoms with E-state index in [0.29, 0.717) is 29.7 Å². The molecule has 0 saturated carbocycles. The number of nitrogens with one attached hydrogen (secondary N) is 1. The van der Waals surface area contributed by atoms with Crippen LogP contribution in [0, 0.1) is 0 Å². The SMILES string of the molecule is COCCNC(=O)c1ccccc1CSc1nc2ccccc2o1. The predicted octanol–water partition coefficient (Wildman–Crippen LogP) is 3.50. The number of benzene rings is 2. The zero-order valence-electron chi connectivity index (χ0n) is 13.3. The van der Waals surface area contributed by atoms with Crippen LogP contribution in [0.15, 0.2) is 58.2 Å². The van der Waals surface area contributed by atoms with Crippen molar-refractivity contribution in [1.29, 1.82) is 0 Å². The first-order valence-corrected chi connectivity index (χ1v) is 8.60. The Labute approximate surface area is 144 Å². The van der Waals surface area contributed by atoms with Crippen LogP contribution in [-0.2, 0) is 10.5 Å². The second kappa shape index (κ2) is 7.99. The van der Waals surface area contributed by atoms with E-state index >= 15 is 0 Å². The largest absolute Gasteiger partial charge is 0.431 e. The van der Waals surface area contributed by atoms with E-state index < -0.39 is 0 Å².